The Morgan fingerprint density at radius 2 is 2.04 bits per heavy atom. The molecule has 7 heteroatoms. The van der Waals surface area contributed by atoms with Crippen LogP contribution in [-0.2, 0) is 4.79 Å². The number of aromatic hydroxyl groups is 1. The summed E-state index contributed by atoms with van der Waals surface area (Å²) in [5.74, 6) is 1.08. The van der Waals surface area contributed by atoms with Crippen molar-refractivity contribution >= 4 is 39.4 Å². The van der Waals surface area contributed by atoms with Crippen molar-refractivity contribution < 1.29 is 9.90 Å². The molecule has 0 fully saturated rings. The molecule has 3 aromatic rings. The Kier molecular flexibility index (Phi) is 4.27. The highest BCUT2D eigenvalue weighted by Crippen LogP contribution is 2.42. The van der Waals surface area contributed by atoms with Gasteiger partial charge in [-0.1, -0.05) is 34.1 Å². The van der Waals surface area contributed by atoms with Crippen molar-refractivity contribution in [2.45, 2.75) is 5.25 Å². The molecule has 1 amide bonds. The van der Waals surface area contributed by atoms with Gasteiger partial charge in [-0.15, -0.1) is 11.8 Å². The minimum absolute atomic E-state index is 0.0629. The van der Waals surface area contributed by atoms with Crippen LogP contribution in [0.25, 0.3) is 5.69 Å². The van der Waals surface area contributed by atoms with Crippen molar-refractivity contribution in [3.05, 3.63) is 70.6 Å². The molecule has 0 saturated heterocycles. The molecule has 0 radical (unpaired) electrons. The van der Waals surface area contributed by atoms with E-state index in [1.807, 2.05) is 41.0 Å². The SMILES string of the molecule is O=C1CSC(c2ccc(O)cc2)c2c(ncn2-c2cccc(Br)c2)N1. The summed E-state index contributed by atoms with van der Waals surface area (Å²) < 4.78 is 2.97. The van der Waals surface area contributed by atoms with Gasteiger partial charge in [0.15, 0.2) is 5.82 Å². The number of amides is 1. The predicted molar refractivity (Wildman–Crippen MR) is 102 cm³/mol. The first kappa shape index (κ1) is 16.2. The number of carbonyl (C=O) groups excluding carboxylic acids is 1. The molecule has 2 heterocycles. The first-order valence-electron chi connectivity index (χ1n) is 7.65. The van der Waals surface area contributed by atoms with Crippen LogP contribution >= 0.6 is 27.7 Å². The maximum absolute atomic E-state index is 12.0. The number of imidazole rings is 1. The van der Waals surface area contributed by atoms with Gasteiger partial charge in [0.2, 0.25) is 5.91 Å². The van der Waals surface area contributed by atoms with Crippen LogP contribution in [0, 0.1) is 0 Å². The third-order valence-electron chi connectivity index (χ3n) is 3.97. The first-order valence-corrected chi connectivity index (χ1v) is 9.49. The molecular formula is C18H14BrN3O2S. The molecule has 0 aliphatic carbocycles. The van der Waals surface area contributed by atoms with Crippen LogP contribution in [0.15, 0.2) is 59.3 Å². The number of fused-ring (bicyclic) bond motifs is 1. The van der Waals surface area contributed by atoms with Gasteiger partial charge >= 0.3 is 0 Å². The van der Waals surface area contributed by atoms with Crippen LogP contribution in [0.1, 0.15) is 16.5 Å². The van der Waals surface area contributed by atoms with E-state index >= 15 is 0 Å². The number of phenolic OH excluding ortho intramolecular Hbond substituents is 1. The third kappa shape index (κ3) is 3.17. The maximum atomic E-state index is 12.0. The molecule has 0 spiro atoms. The van der Waals surface area contributed by atoms with Crippen LogP contribution in [0.3, 0.4) is 0 Å². The molecule has 126 valence electrons. The number of carbonyl (C=O) groups is 1. The number of nitrogens with one attached hydrogen (secondary N) is 1. The summed E-state index contributed by atoms with van der Waals surface area (Å²) in [6.45, 7) is 0. The molecule has 1 unspecified atom stereocenters. The Balaban J connectivity index is 1.88. The van der Waals surface area contributed by atoms with Crippen LogP contribution in [0.5, 0.6) is 5.75 Å². The van der Waals surface area contributed by atoms with Crippen molar-refractivity contribution in [1.29, 1.82) is 0 Å². The summed E-state index contributed by atoms with van der Waals surface area (Å²) in [5, 5.41) is 12.4. The second kappa shape index (κ2) is 6.57. The molecule has 4 rings (SSSR count). The number of halogens is 1. The molecule has 2 aromatic carbocycles. The van der Waals surface area contributed by atoms with E-state index in [1.54, 1.807) is 30.2 Å². The van der Waals surface area contributed by atoms with Gasteiger partial charge < -0.3 is 10.4 Å². The number of thioether (sulfide) groups is 1. The Morgan fingerprint density at radius 1 is 1.24 bits per heavy atom. The van der Waals surface area contributed by atoms with Crippen molar-refractivity contribution in [3.8, 4) is 11.4 Å². The van der Waals surface area contributed by atoms with Crippen LogP contribution < -0.4 is 5.32 Å². The lowest BCUT2D eigenvalue weighted by Crippen LogP contribution is -2.12. The lowest BCUT2D eigenvalue weighted by atomic mass is 10.1. The standard InChI is InChI=1S/C18H14BrN3O2S/c19-12-2-1-3-13(8-12)22-10-20-18-16(22)17(25-9-15(24)21-18)11-4-6-14(23)7-5-11/h1-8,10,17,23H,9H2,(H,21,24). The molecule has 5 nitrogen and oxygen atoms in total. The van der Waals surface area contributed by atoms with Gasteiger partial charge in [0.1, 0.15) is 12.1 Å². The van der Waals surface area contributed by atoms with Crippen molar-refractivity contribution in [1.82, 2.24) is 9.55 Å². The van der Waals surface area contributed by atoms with E-state index in [4.69, 9.17) is 0 Å². The Hall–Kier alpha value is -2.25. The Bertz CT molecular complexity index is 940. The quantitative estimate of drug-likeness (QED) is 0.660. The monoisotopic (exact) mass is 415 g/mol. The average molecular weight is 416 g/mol. The minimum Gasteiger partial charge on any atom is -0.508 e. The zero-order valence-corrected chi connectivity index (χ0v) is 15.4. The van der Waals surface area contributed by atoms with Crippen molar-refractivity contribution in [2.24, 2.45) is 0 Å². The summed E-state index contributed by atoms with van der Waals surface area (Å²) in [7, 11) is 0. The van der Waals surface area contributed by atoms with Crippen LogP contribution in [0.4, 0.5) is 5.82 Å². The summed E-state index contributed by atoms with van der Waals surface area (Å²) in [4.78, 5) is 16.5. The van der Waals surface area contributed by atoms with E-state index in [0.29, 0.717) is 11.6 Å². The predicted octanol–water partition coefficient (Wildman–Crippen LogP) is 4.12. The lowest BCUT2D eigenvalue weighted by molar-refractivity contribution is -0.113. The summed E-state index contributed by atoms with van der Waals surface area (Å²) in [6, 6.07) is 15.0. The topological polar surface area (TPSA) is 67.1 Å². The minimum atomic E-state index is -0.0731. The van der Waals surface area contributed by atoms with E-state index in [2.05, 4.69) is 26.2 Å². The summed E-state index contributed by atoms with van der Waals surface area (Å²) in [6.07, 6.45) is 1.73. The fraction of sp³-hybridized carbons (Fsp3) is 0.111. The van der Waals surface area contributed by atoms with E-state index in [9.17, 15) is 9.90 Å². The number of phenols is 1. The number of rotatable bonds is 2. The largest absolute Gasteiger partial charge is 0.508 e. The van der Waals surface area contributed by atoms with Gasteiger partial charge in [0.05, 0.1) is 16.7 Å². The van der Waals surface area contributed by atoms with Gasteiger partial charge in [-0.2, -0.15) is 0 Å². The Labute approximate surface area is 157 Å². The summed E-state index contributed by atoms with van der Waals surface area (Å²) in [5.41, 5.74) is 2.89. The van der Waals surface area contributed by atoms with E-state index < -0.39 is 0 Å². The fourth-order valence-corrected chi connectivity index (χ4v) is 4.36. The molecule has 1 aromatic heterocycles. The molecule has 1 atom stereocenters. The first-order chi connectivity index (χ1) is 12.1. The molecular weight excluding hydrogens is 402 g/mol. The number of nitrogens with zero attached hydrogens (tertiary/aromatic N) is 2. The zero-order valence-electron chi connectivity index (χ0n) is 13.0. The van der Waals surface area contributed by atoms with Gasteiger partial charge in [-0.25, -0.2) is 4.98 Å². The van der Waals surface area contributed by atoms with E-state index in [1.165, 1.54) is 0 Å². The number of aromatic nitrogens is 2. The highest BCUT2D eigenvalue weighted by Gasteiger charge is 2.29. The van der Waals surface area contributed by atoms with Crippen LogP contribution in [-0.4, -0.2) is 26.3 Å². The van der Waals surface area contributed by atoms with E-state index in [0.717, 1.165) is 21.4 Å². The maximum Gasteiger partial charge on any atom is 0.235 e. The second-order valence-corrected chi connectivity index (χ2v) is 7.67. The summed E-state index contributed by atoms with van der Waals surface area (Å²) >= 11 is 5.05. The van der Waals surface area contributed by atoms with Crippen molar-refractivity contribution in [2.75, 3.05) is 11.1 Å². The van der Waals surface area contributed by atoms with Gasteiger partial charge in [-0.05, 0) is 35.9 Å². The van der Waals surface area contributed by atoms with Crippen molar-refractivity contribution in [3.63, 3.8) is 0 Å². The second-order valence-electron chi connectivity index (χ2n) is 5.66. The molecule has 1 aliphatic rings. The normalized spacial score (nSPS) is 16.8. The third-order valence-corrected chi connectivity index (χ3v) is 5.72. The molecule has 25 heavy (non-hydrogen) atoms. The van der Waals surface area contributed by atoms with Gasteiger partial charge in [-0.3, -0.25) is 9.36 Å². The number of anilines is 1. The molecule has 0 bridgehead atoms. The Morgan fingerprint density at radius 3 is 2.80 bits per heavy atom. The molecule has 0 saturated carbocycles. The van der Waals surface area contributed by atoms with E-state index in [-0.39, 0.29) is 16.9 Å². The number of hydrogen-bond acceptors (Lipinski definition) is 4. The molecule has 1 aliphatic heterocycles. The highest BCUT2D eigenvalue weighted by molar-refractivity contribution is 9.10. The highest BCUT2D eigenvalue weighted by atomic mass is 79.9. The smallest absolute Gasteiger partial charge is 0.235 e. The van der Waals surface area contributed by atoms with Gasteiger partial charge in [0, 0.05) is 10.2 Å². The number of benzene rings is 2. The average Bonchev–Trinajstić information content (AvgIpc) is 2.92. The fourth-order valence-electron chi connectivity index (χ4n) is 2.85. The molecule has 2 N–H and O–H groups in total. The number of hydrogen-bond donors (Lipinski definition) is 2. The van der Waals surface area contributed by atoms with Crippen LogP contribution in [0.2, 0.25) is 0 Å². The zero-order chi connectivity index (χ0) is 17.4. The lowest BCUT2D eigenvalue weighted by Gasteiger charge is -2.18. The van der Waals surface area contributed by atoms with Gasteiger partial charge in [0.25, 0.3) is 0 Å².